The topological polar surface area (TPSA) is 44.5 Å². The van der Waals surface area contributed by atoms with Crippen molar-refractivity contribution in [1.29, 1.82) is 0 Å². The van der Waals surface area contributed by atoms with Gasteiger partial charge in [-0.15, -0.1) is 0 Å². The summed E-state index contributed by atoms with van der Waals surface area (Å²) in [5, 5.41) is 0. The Morgan fingerprint density at radius 2 is 1.74 bits per heavy atom. The summed E-state index contributed by atoms with van der Waals surface area (Å²) in [5.41, 5.74) is 8.11. The zero-order chi connectivity index (χ0) is 13.7. The van der Waals surface area contributed by atoms with E-state index in [2.05, 4.69) is 19.1 Å². The first-order valence-corrected chi connectivity index (χ1v) is 6.30. The predicted octanol–water partition coefficient (Wildman–Crippen LogP) is 3.08. The zero-order valence-electron chi connectivity index (χ0n) is 11.3. The van der Waals surface area contributed by atoms with Crippen LogP contribution in [0, 0.1) is 6.92 Å². The predicted molar refractivity (Wildman–Crippen MR) is 76.6 cm³/mol. The molecule has 0 aliphatic rings. The summed E-state index contributed by atoms with van der Waals surface area (Å²) >= 11 is 0. The molecule has 0 bridgehead atoms. The lowest BCUT2D eigenvalue weighted by Gasteiger charge is -2.18. The summed E-state index contributed by atoms with van der Waals surface area (Å²) in [6.45, 7) is 2.50. The third kappa shape index (κ3) is 3.48. The lowest BCUT2D eigenvalue weighted by atomic mass is 10.1. The first kappa shape index (κ1) is 13.4. The fraction of sp³-hybridized carbons (Fsp3) is 0.250. The van der Waals surface area contributed by atoms with Gasteiger partial charge in [-0.05, 0) is 36.8 Å². The van der Waals surface area contributed by atoms with E-state index < -0.39 is 0 Å². The van der Waals surface area contributed by atoms with E-state index in [1.807, 2.05) is 36.4 Å². The SMILES string of the molecule is COc1ccc(OC(CN)c2cccc(C)c2)cc1. The average Bonchev–Trinajstić information content (AvgIpc) is 2.45. The van der Waals surface area contributed by atoms with Gasteiger partial charge in [-0.1, -0.05) is 29.8 Å². The average molecular weight is 257 g/mol. The first-order valence-electron chi connectivity index (χ1n) is 6.30. The largest absolute Gasteiger partial charge is 0.497 e. The third-order valence-electron chi connectivity index (χ3n) is 2.97. The minimum atomic E-state index is -0.131. The van der Waals surface area contributed by atoms with Crippen LogP contribution in [-0.2, 0) is 0 Å². The van der Waals surface area contributed by atoms with Crippen LogP contribution in [0.5, 0.6) is 11.5 Å². The second-order valence-corrected chi connectivity index (χ2v) is 4.43. The Morgan fingerprint density at radius 1 is 1.05 bits per heavy atom. The Kier molecular flexibility index (Phi) is 4.42. The number of ether oxygens (including phenoxy) is 2. The van der Waals surface area contributed by atoms with Crippen LogP contribution in [0.4, 0.5) is 0 Å². The van der Waals surface area contributed by atoms with Crippen molar-refractivity contribution in [3.8, 4) is 11.5 Å². The Balaban J connectivity index is 2.14. The molecule has 100 valence electrons. The van der Waals surface area contributed by atoms with Crippen LogP contribution < -0.4 is 15.2 Å². The van der Waals surface area contributed by atoms with Crippen LogP contribution >= 0.6 is 0 Å². The molecule has 2 N–H and O–H groups in total. The molecule has 0 fully saturated rings. The fourth-order valence-corrected chi connectivity index (χ4v) is 1.94. The molecule has 0 aromatic heterocycles. The first-order chi connectivity index (χ1) is 9.22. The molecule has 0 aliphatic carbocycles. The number of hydrogen-bond donors (Lipinski definition) is 1. The van der Waals surface area contributed by atoms with Gasteiger partial charge < -0.3 is 15.2 Å². The summed E-state index contributed by atoms with van der Waals surface area (Å²) in [7, 11) is 1.64. The lowest BCUT2D eigenvalue weighted by molar-refractivity contribution is 0.214. The number of benzene rings is 2. The van der Waals surface area contributed by atoms with Gasteiger partial charge in [-0.3, -0.25) is 0 Å². The number of nitrogens with two attached hydrogens (primary N) is 1. The standard InChI is InChI=1S/C16H19NO2/c1-12-4-3-5-13(10-12)16(11-17)19-15-8-6-14(18-2)7-9-15/h3-10,16H,11,17H2,1-2H3. The van der Waals surface area contributed by atoms with Gasteiger partial charge in [0, 0.05) is 6.54 Å². The second kappa shape index (κ2) is 6.25. The summed E-state index contributed by atoms with van der Waals surface area (Å²) in [5.74, 6) is 1.60. The quantitative estimate of drug-likeness (QED) is 0.895. The van der Waals surface area contributed by atoms with Gasteiger partial charge in [0.1, 0.15) is 17.6 Å². The molecule has 0 amide bonds. The van der Waals surface area contributed by atoms with Crippen molar-refractivity contribution < 1.29 is 9.47 Å². The maximum Gasteiger partial charge on any atom is 0.136 e. The van der Waals surface area contributed by atoms with Crippen LogP contribution in [0.2, 0.25) is 0 Å². The van der Waals surface area contributed by atoms with Crippen molar-refractivity contribution in [2.75, 3.05) is 13.7 Å². The van der Waals surface area contributed by atoms with Gasteiger partial charge >= 0.3 is 0 Å². The lowest BCUT2D eigenvalue weighted by Crippen LogP contribution is -2.18. The molecule has 2 aromatic carbocycles. The zero-order valence-corrected chi connectivity index (χ0v) is 11.3. The summed E-state index contributed by atoms with van der Waals surface area (Å²) < 4.78 is 11.0. The Bertz CT molecular complexity index is 523. The van der Waals surface area contributed by atoms with Crippen LogP contribution in [0.1, 0.15) is 17.2 Å². The number of hydrogen-bond acceptors (Lipinski definition) is 3. The van der Waals surface area contributed by atoms with E-state index in [9.17, 15) is 0 Å². The molecule has 3 heteroatoms. The van der Waals surface area contributed by atoms with Gasteiger partial charge in [0.2, 0.25) is 0 Å². The Morgan fingerprint density at radius 3 is 2.32 bits per heavy atom. The minimum absolute atomic E-state index is 0.131. The van der Waals surface area contributed by atoms with Crippen LogP contribution in [0.25, 0.3) is 0 Å². The van der Waals surface area contributed by atoms with Crippen molar-refractivity contribution in [3.63, 3.8) is 0 Å². The molecule has 2 aromatic rings. The van der Waals surface area contributed by atoms with Crippen molar-refractivity contribution in [2.45, 2.75) is 13.0 Å². The van der Waals surface area contributed by atoms with E-state index in [4.69, 9.17) is 15.2 Å². The van der Waals surface area contributed by atoms with E-state index in [1.165, 1.54) is 5.56 Å². The van der Waals surface area contributed by atoms with E-state index in [0.717, 1.165) is 17.1 Å². The number of rotatable bonds is 5. The van der Waals surface area contributed by atoms with Crippen molar-refractivity contribution in [1.82, 2.24) is 0 Å². The summed E-state index contributed by atoms with van der Waals surface area (Å²) in [6.07, 6.45) is -0.131. The molecule has 0 saturated carbocycles. The molecule has 0 spiro atoms. The monoisotopic (exact) mass is 257 g/mol. The van der Waals surface area contributed by atoms with E-state index >= 15 is 0 Å². The molecule has 0 aliphatic heterocycles. The molecule has 0 heterocycles. The maximum absolute atomic E-state index is 5.92. The molecule has 0 radical (unpaired) electrons. The number of methoxy groups -OCH3 is 1. The molecular formula is C16H19NO2. The van der Waals surface area contributed by atoms with Crippen LogP contribution in [-0.4, -0.2) is 13.7 Å². The van der Waals surface area contributed by atoms with Crippen LogP contribution in [0.3, 0.4) is 0 Å². The van der Waals surface area contributed by atoms with Crippen molar-refractivity contribution in [3.05, 3.63) is 59.7 Å². The molecule has 0 saturated heterocycles. The number of aryl methyl sites for hydroxylation is 1. The van der Waals surface area contributed by atoms with Gasteiger partial charge in [0.25, 0.3) is 0 Å². The molecular weight excluding hydrogens is 238 g/mol. The van der Waals surface area contributed by atoms with Gasteiger partial charge in [0.05, 0.1) is 7.11 Å². The fourth-order valence-electron chi connectivity index (χ4n) is 1.94. The molecule has 1 unspecified atom stereocenters. The Hall–Kier alpha value is -2.00. The highest BCUT2D eigenvalue weighted by molar-refractivity contribution is 5.32. The highest BCUT2D eigenvalue weighted by atomic mass is 16.5. The van der Waals surface area contributed by atoms with Gasteiger partial charge in [-0.2, -0.15) is 0 Å². The van der Waals surface area contributed by atoms with Gasteiger partial charge in [-0.25, -0.2) is 0 Å². The van der Waals surface area contributed by atoms with E-state index in [0.29, 0.717) is 6.54 Å². The highest BCUT2D eigenvalue weighted by Gasteiger charge is 2.11. The third-order valence-corrected chi connectivity index (χ3v) is 2.97. The van der Waals surface area contributed by atoms with E-state index in [-0.39, 0.29) is 6.10 Å². The van der Waals surface area contributed by atoms with Gasteiger partial charge in [0.15, 0.2) is 0 Å². The van der Waals surface area contributed by atoms with Crippen molar-refractivity contribution >= 4 is 0 Å². The maximum atomic E-state index is 5.92. The van der Waals surface area contributed by atoms with E-state index in [1.54, 1.807) is 7.11 Å². The Labute approximate surface area is 114 Å². The summed E-state index contributed by atoms with van der Waals surface area (Å²) in [4.78, 5) is 0. The van der Waals surface area contributed by atoms with Crippen LogP contribution in [0.15, 0.2) is 48.5 Å². The molecule has 1 atom stereocenters. The summed E-state index contributed by atoms with van der Waals surface area (Å²) in [6, 6.07) is 15.7. The smallest absolute Gasteiger partial charge is 0.136 e. The van der Waals surface area contributed by atoms with Crippen molar-refractivity contribution in [2.24, 2.45) is 5.73 Å². The normalized spacial score (nSPS) is 11.9. The minimum Gasteiger partial charge on any atom is -0.497 e. The highest BCUT2D eigenvalue weighted by Crippen LogP contribution is 2.24. The second-order valence-electron chi connectivity index (χ2n) is 4.43. The molecule has 2 rings (SSSR count). The molecule has 19 heavy (non-hydrogen) atoms. The molecule has 3 nitrogen and oxygen atoms in total.